The molecule has 72 valence electrons. The highest BCUT2D eigenvalue weighted by molar-refractivity contribution is 6.45. The van der Waals surface area contributed by atoms with Crippen LogP contribution in [-0.2, 0) is 0 Å². The Morgan fingerprint density at radius 1 is 0.923 bits per heavy atom. The zero-order chi connectivity index (χ0) is 10.0. The molecular formula is C6HCl5O2. The van der Waals surface area contributed by atoms with Crippen LogP contribution in [0.15, 0.2) is 6.07 Å². The van der Waals surface area contributed by atoms with Crippen molar-refractivity contribution in [2.75, 3.05) is 0 Å². The van der Waals surface area contributed by atoms with E-state index in [0.717, 1.165) is 0 Å². The molecular weight excluding hydrogens is 281 g/mol. The molecule has 13 heavy (non-hydrogen) atoms. The average molecular weight is 282 g/mol. The fourth-order valence-electron chi connectivity index (χ4n) is 0.682. The van der Waals surface area contributed by atoms with E-state index in [2.05, 4.69) is 8.58 Å². The molecule has 0 saturated heterocycles. The lowest BCUT2D eigenvalue weighted by Crippen LogP contribution is -1.85. The minimum Gasteiger partial charge on any atom is -0.384 e. The number of halogens is 5. The normalized spacial score (nSPS) is 9.92. The summed E-state index contributed by atoms with van der Waals surface area (Å²) in [6.07, 6.45) is 0. The van der Waals surface area contributed by atoms with Gasteiger partial charge in [0.05, 0.1) is 5.02 Å². The maximum absolute atomic E-state index is 5.72. The number of benzene rings is 1. The Labute approximate surface area is 99.5 Å². The van der Waals surface area contributed by atoms with E-state index in [1.807, 2.05) is 0 Å². The molecule has 1 rings (SSSR count). The number of hydrogen-bond donors (Lipinski definition) is 0. The lowest BCUT2D eigenvalue weighted by Gasteiger charge is -2.07. The van der Waals surface area contributed by atoms with Crippen molar-refractivity contribution in [1.29, 1.82) is 0 Å². The van der Waals surface area contributed by atoms with Gasteiger partial charge in [-0.3, -0.25) is 0 Å². The van der Waals surface area contributed by atoms with Gasteiger partial charge in [0.2, 0.25) is 0 Å². The van der Waals surface area contributed by atoms with Crippen molar-refractivity contribution in [3.8, 4) is 11.5 Å². The topological polar surface area (TPSA) is 18.5 Å². The lowest BCUT2D eigenvalue weighted by molar-refractivity contribution is 0.592. The molecule has 0 fully saturated rings. The molecule has 0 unspecified atom stereocenters. The highest BCUT2D eigenvalue weighted by atomic mass is 35.5. The van der Waals surface area contributed by atoms with Crippen LogP contribution in [0.2, 0.25) is 15.1 Å². The monoisotopic (exact) mass is 280 g/mol. The standard InChI is InChI=1S/C6HCl5O2/c7-2-1-3(12-10)5(9)6(13-11)4(2)8/h1H. The van der Waals surface area contributed by atoms with Gasteiger partial charge in [0.25, 0.3) is 0 Å². The predicted molar refractivity (Wildman–Crippen MR) is 54.4 cm³/mol. The first-order valence-electron chi connectivity index (χ1n) is 2.86. The van der Waals surface area contributed by atoms with E-state index in [1.165, 1.54) is 6.07 Å². The van der Waals surface area contributed by atoms with Gasteiger partial charge in [-0.25, -0.2) is 0 Å². The first-order valence-corrected chi connectivity index (χ1v) is 4.61. The van der Waals surface area contributed by atoms with Crippen molar-refractivity contribution < 1.29 is 8.58 Å². The first-order chi connectivity index (χ1) is 6.11. The summed E-state index contributed by atoms with van der Waals surface area (Å²) in [7, 11) is 0. The molecule has 0 saturated carbocycles. The number of rotatable bonds is 2. The van der Waals surface area contributed by atoms with Crippen LogP contribution in [0.3, 0.4) is 0 Å². The molecule has 0 heterocycles. The lowest BCUT2D eigenvalue weighted by atomic mass is 10.3. The maximum atomic E-state index is 5.72. The summed E-state index contributed by atoms with van der Waals surface area (Å²) >= 11 is 27.3. The van der Waals surface area contributed by atoms with Gasteiger partial charge in [0.15, 0.2) is 11.5 Å². The van der Waals surface area contributed by atoms with Crippen LogP contribution in [0.4, 0.5) is 0 Å². The highest BCUT2D eigenvalue weighted by Gasteiger charge is 2.17. The van der Waals surface area contributed by atoms with Crippen LogP contribution in [-0.4, -0.2) is 0 Å². The second-order valence-corrected chi connectivity index (χ2v) is 3.44. The number of hydrogen-bond acceptors (Lipinski definition) is 2. The van der Waals surface area contributed by atoms with Crippen LogP contribution in [0.1, 0.15) is 0 Å². The zero-order valence-corrected chi connectivity index (χ0v) is 9.56. The molecule has 0 spiro atoms. The van der Waals surface area contributed by atoms with Gasteiger partial charge in [0, 0.05) is 6.07 Å². The van der Waals surface area contributed by atoms with Crippen molar-refractivity contribution in [3.63, 3.8) is 0 Å². The average Bonchev–Trinajstić information content (AvgIpc) is 2.12. The highest BCUT2D eigenvalue weighted by Crippen LogP contribution is 2.44. The van der Waals surface area contributed by atoms with Gasteiger partial charge in [-0.05, 0) is 0 Å². The SMILES string of the molecule is ClOc1cc(Cl)c(Cl)c(OCl)c1Cl. The molecule has 0 aliphatic heterocycles. The Kier molecular flexibility index (Phi) is 4.07. The molecule has 0 aliphatic carbocycles. The van der Waals surface area contributed by atoms with Crippen molar-refractivity contribution >= 4 is 58.5 Å². The van der Waals surface area contributed by atoms with E-state index >= 15 is 0 Å². The van der Waals surface area contributed by atoms with E-state index in [4.69, 9.17) is 58.5 Å². The van der Waals surface area contributed by atoms with Crippen molar-refractivity contribution in [2.24, 2.45) is 0 Å². The summed E-state index contributed by atoms with van der Waals surface area (Å²) in [5.41, 5.74) is 0. The molecule has 7 heteroatoms. The Bertz CT molecular complexity index is 327. The molecule has 0 aliphatic rings. The third-order valence-electron chi connectivity index (χ3n) is 1.24. The maximum Gasteiger partial charge on any atom is 0.188 e. The van der Waals surface area contributed by atoms with E-state index < -0.39 is 0 Å². The molecule has 0 N–H and O–H groups in total. The molecule has 0 amide bonds. The summed E-state index contributed by atoms with van der Waals surface area (Å²) < 4.78 is 8.77. The minimum absolute atomic E-state index is 0.00755. The summed E-state index contributed by atoms with van der Waals surface area (Å²) in [6, 6.07) is 1.35. The van der Waals surface area contributed by atoms with Crippen molar-refractivity contribution in [1.82, 2.24) is 0 Å². The van der Waals surface area contributed by atoms with E-state index in [0.29, 0.717) is 0 Å². The van der Waals surface area contributed by atoms with Gasteiger partial charge in [0.1, 0.15) is 33.8 Å². The summed E-state index contributed by atoms with van der Waals surface area (Å²) in [4.78, 5) is 0. The van der Waals surface area contributed by atoms with Crippen molar-refractivity contribution in [3.05, 3.63) is 21.1 Å². The van der Waals surface area contributed by atoms with Gasteiger partial charge < -0.3 is 8.58 Å². The third-order valence-corrected chi connectivity index (χ3v) is 2.69. The van der Waals surface area contributed by atoms with Crippen LogP contribution in [0.5, 0.6) is 11.5 Å². The molecule has 1 aromatic carbocycles. The minimum atomic E-state index is 0.00755. The Morgan fingerprint density at radius 3 is 2.00 bits per heavy atom. The Hall–Kier alpha value is 0.270. The van der Waals surface area contributed by atoms with E-state index in [-0.39, 0.29) is 26.6 Å². The summed E-state index contributed by atoms with van der Waals surface area (Å²) in [6.45, 7) is 0. The van der Waals surface area contributed by atoms with Crippen LogP contribution < -0.4 is 8.58 Å². The van der Waals surface area contributed by atoms with Gasteiger partial charge in [-0.15, -0.1) is 0 Å². The van der Waals surface area contributed by atoms with Crippen molar-refractivity contribution in [2.45, 2.75) is 0 Å². The fraction of sp³-hybridized carbons (Fsp3) is 0. The Morgan fingerprint density at radius 2 is 1.54 bits per heavy atom. The molecule has 0 radical (unpaired) electrons. The van der Waals surface area contributed by atoms with Crippen LogP contribution >= 0.6 is 58.5 Å². The van der Waals surface area contributed by atoms with Crippen LogP contribution in [0, 0.1) is 0 Å². The smallest absolute Gasteiger partial charge is 0.188 e. The van der Waals surface area contributed by atoms with Gasteiger partial charge in [-0.2, -0.15) is 0 Å². The largest absolute Gasteiger partial charge is 0.384 e. The first kappa shape index (κ1) is 11.3. The molecule has 1 aromatic rings. The van der Waals surface area contributed by atoms with E-state index in [1.54, 1.807) is 0 Å². The summed E-state index contributed by atoms with van der Waals surface area (Å²) in [5, 5.41) is 0.330. The molecule has 0 atom stereocenters. The van der Waals surface area contributed by atoms with Gasteiger partial charge in [-0.1, -0.05) is 34.8 Å². The predicted octanol–water partition coefficient (Wildman–Crippen LogP) is 4.71. The third kappa shape index (κ3) is 2.20. The molecule has 0 aromatic heterocycles. The second kappa shape index (κ2) is 4.67. The van der Waals surface area contributed by atoms with Gasteiger partial charge >= 0.3 is 0 Å². The fourth-order valence-corrected chi connectivity index (χ4v) is 1.72. The van der Waals surface area contributed by atoms with Crippen LogP contribution in [0.25, 0.3) is 0 Å². The zero-order valence-electron chi connectivity index (χ0n) is 5.78. The quantitative estimate of drug-likeness (QED) is 0.731. The summed E-state index contributed by atoms with van der Waals surface area (Å²) in [5.74, 6) is 0.126. The molecule has 0 bridgehead atoms. The Balaban J connectivity index is 3.39. The molecule has 2 nitrogen and oxygen atoms in total. The van der Waals surface area contributed by atoms with E-state index in [9.17, 15) is 0 Å². The second-order valence-electron chi connectivity index (χ2n) is 1.97.